The number of allylic oxidation sites excluding steroid dienone is 4. The molecule has 0 aromatic heterocycles. The van der Waals surface area contributed by atoms with E-state index in [1.807, 2.05) is 0 Å². The molecule has 1 aromatic carbocycles. The number of benzene rings is 1. The lowest BCUT2D eigenvalue weighted by atomic mass is 9.90. The van der Waals surface area contributed by atoms with Gasteiger partial charge in [-0.25, -0.2) is 0 Å². The highest BCUT2D eigenvalue weighted by Gasteiger charge is 2.09. The van der Waals surface area contributed by atoms with Gasteiger partial charge in [-0.1, -0.05) is 55.5 Å². The second kappa shape index (κ2) is 4.28. The predicted molar refractivity (Wildman–Crippen MR) is 61.5 cm³/mol. The van der Waals surface area contributed by atoms with Gasteiger partial charge in [0.1, 0.15) is 0 Å². The van der Waals surface area contributed by atoms with E-state index < -0.39 is 0 Å². The summed E-state index contributed by atoms with van der Waals surface area (Å²) >= 11 is 0. The summed E-state index contributed by atoms with van der Waals surface area (Å²) < 4.78 is 0. The number of rotatable bonds is 2. The van der Waals surface area contributed by atoms with Gasteiger partial charge in [-0.15, -0.1) is 0 Å². The van der Waals surface area contributed by atoms with Crippen molar-refractivity contribution in [1.29, 1.82) is 0 Å². The Bertz CT molecular complexity index is 346. The highest BCUT2D eigenvalue weighted by atomic mass is 14.1. The zero-order chi connectivity index (χ0) is 9.80. The molecule has 14 heavy (non-hydrogen) atoms. The minimum atomic E-state index is 0.500. The summed E-state index contributed by atoms with van der Waals surface area (Å²) in [5, 5.41) is 0. The Hall–Kier alpha value is -1.30. The molecule has 0 unspecified atom stereocenters. The lowest BCUT2D eigenvalue weighted by Gasteiger charge is -2.15. The van der Waals surface area contributed by atoms with Gasteiger partial charge in [-0.3, -0.25) is 0 Å². The molecule has 0 amide bonds. The summed E-state index contributed by atoms with van der Waals surface area (Å²) in [6.07, 6.45) is 11.3. The average Bonchev–Trinajstić information content (AvgIpc) is 2.30. The van der Waals surface area contributed by atoms with Crippen molar-refractivity contribution in [2.75, 3.05) is 0 Å². The monoisotopic (exact) mass is 184 g/mol. The third-order valence-electron chi connectivity index (χ3n) is 2.75. The highest BCUT2D eigenvalue weighted by Crippen LogP contribution is 2.25. The fraction of sp³-hybridized carbons (Fsp3) is 0.286. The van der Waals surface area contributed by atoms with Gasteiger partial charge in [-0.05, 0) is 24.0 Å². The molecule has 1 aliphatic rings. The Balaban J connectivity index is 2.34. The van der Waals surface area contributed by atoms with Crippen LogP contribution < -0.4 is 0 Å². The first-order valence-corrected chi connectivity index (χ1v) is 5.33. The Kier molecular flexibility index (Phi) is 2.83. The second-order valence-electron chi connectivity index (χ2n) is 3.67. The first-order valence-electron chi connectivity index (χ1n) is 5.33. The van der Waals surface area contributed by atoms with Crippen molar-refractivity contribution in [3.05, 3.63) is 59.7 Å². The van der Waals surface area contributed by atoms with Gasteiger partial charge in [0.2, 0.25) is 0 Å². The maximum Gasteiger partial charge on any atom is 0.0201 e. The molecule has 1 aromatic rings. The van der Waals surface area contributed by atoms with Gasteiger partial charge in [0.25, 0.3) is 0 Å². The van der Waals surface area contributed by atoms with Crippen LogP contribution in [0.4, 0.5) is 0 Å². The van der Waals surface area contributed by atoms with Crippen LogP contribution in [0.25, 0.3) is 0 Å². The third kappa shape index (κ3) is 1.79. The van der Waals surface area contributed by atoms with E-state index in [0.717, 1.165) is 12.8 Å². The van der Waals surface area contributed by atoms with E-state index >= 15 is 0 Å². The number of hydrogen-bond donors (Lipinski definition) is 0. The van der Waals surface area contributed by atoms with Crippen molar-refractivity contribution in [2.24, 2.45) is 0 Å². The predicted octanol–water partition coefficient (Wildman–Crippen LogP) is 3.85. The van der Waals surface area contributed by atoms with Crippen molar-refractivity contribution < 1.29 is 0 Å². The average molecular weight is 184 g/mol. The van der Waals surface area contributed by atoms with Crippen LogP contribution in [0.15, 0.2) is 48.6 Å². The van der Waals surface area contributed by atoms with Gasteiger partial charge < -0.3 is 0 Å². The van der Waals surface area contributed by atoms with Crippen LogP contribution in [0.5, 0.6) is 0 Å². The van der Waals surface area contributed by atoms with Crippen LogP contribution in [-0.4, -0.2) is 0 Å². The Morgan fingerprint density at radius 1 is 1.14 bits per heavy atom. The molecule has 0 bridgehead atoms. The van der Waals surface area contributed by atoms with Crippen LogP contribution in [0.1, 0.15) is 30.4 Å². The number of hydrogen-bond acceptors (Lipinski definition) is 0. The van der Waals surface area contributed by atoms with E-state index in [1.165, 1.54) is 11.1 Å². The minimum absolute atomic E-state index is 0.500. The maximum absolute atomic E-state index is 2.30. The van der Waals surface area contributed by atoms with Gasteiger partial charge >= 0.3 is 0 Å². The van der Waals surface area contributed by atoms with Crippen molar-refractivity contribution in [3.8, 4) is 0 Å². The molecule has 72 valence electrons. The number of aryl methyl sites for hydroxylation is 1. The van der Waals surface area contributed by atoms with E-state index in [9.17, 15) is 0 Å². The van der Waals surface area contributed by atoms with Gasteiger partial charge in [0.15, 0.2) is 0 Å². The van der Waals surface area contributed by atoms with Crippen LogP contribution in [-0.2, 0) is 6.42 Å². The van der Waals surface area contributed by atoms with Gasteiger partial charge in [0.05, 0.1) is 0 Å². The molecule has 1 aliphatic carbocycles. The molecule has 0 heteroatoms. The van der Waals surface area contributed by atoms with Crippen molar-refractivity contribution >= 4 is 0 Å². The van der Waals surface area contributed by atoms with E-state index in [0.29, 0.717) is 5.92 Å². The largest absolute Gasteiger partial charge is 0.0838 e. The molecule has 0 atom stereocenters. The summed E-state index contributed by atoms with van der Waals surface area (Å²) in [5.41, 5.74) is 2.93. The highest BCUT2D eigenvalue weighted by molar-refractivity contribution is 5.37. The summed E-state index contributed by atoms with van der Waals surface area (Å²) in [7, 11) is 0. The molecule has 0 heterocycles. The van der Waals surface area contributed by atoms with E-state index in [2.05, 4.69) is 55.5 Å². The molecular formula is C14H16. The SMILES string of the molecule is CCc1ccccc1C1C=CCC=C1. The normalized spacial score (nSPS) is 16.1. The Labute approximate surface area is 86.0 Å². The van der Waals surface area contributed by atoms with Crippen LogP contribution in [0.2, 0.25) is 0 Å². The quantitative estimate of drug-likeness (QED) is 0.612. The van der Waals surface area contributed by atoms with Crippen LogP contribution in [0.3, 0.4) is 0 Å². The smallest absolute Gasteiger partial charge is 0.0201 e. The minimum Gasteiger partial charge on any atom is -0.0838 e. The first kappa shape index (κ1) is 9.26. The molecule has 0 radical (unpaired) electrons. The molecule has 2 rings (SSSR count). The van der Waals surface area contributed by atoms with Crippen LogP contribution in [0, 0.1) is 0 Å². The van der Waals surface area contributed by atoms with E-state index in [1.54, 1.807) is 0 Å². The summed E-state index contributed by atoms with van der Waals surface area (Å²) in [5.74, 6) is 0.500. The van der Waals surface area contributed by atoms with E-state index in [-0.39, 0.29) is 0 Å². The molecule has 0 nitrogen and oxygen atoms in total. The molecule has 0 fully saturated rings. The first-order chi connectivity index (χ1) is 6.92. The molecule has 0 aliphatic heterocycles. The molecule has 0 N–H and O–H groups in total. The standard InChI is InChI=1S/C14H16/c1-2-12-8-6-7-11-14(12)13-9-4-3-5-10-13/h4-11,13H,2-3H2,1H3. The molecular weight excluding hydrogens is 168 g/mol. The summed E-state index contributed by atoms with van der Waals surface area (Å²) in [4.78, 5) is 0. The third-order valence-corrected chi connectivity index (χ3v) is 2.75. The van der Waals surface area contributed by atoms with Crippen molar-refractivity contribution in [2.45, 2.75) is 25.7 Å². The molecule has 0 saturated carbocycles. The summed E-state index contributed by atoms with van der Waals surface area (Å²) in [6.45, 7) is 2.22. The Morgan fingerprint density at radius 2 is 1.86 bits per heavy atom. The van der Waals surface area contributed by atoms with Gasteiger partial charge in [-0.2, -0.15) is 0 Å². The fourth-order valence-electron chi connectivity index (χ4n) is 1.98. The lowest BCUT2D eigenvalue weighted by molar-refractivity contribution is 0.983. The van der Waals surface area contributed by atoms with E-state index in [4.69, 9.17) is 0 Å². The van der Waals surface area contributed by atoms with Gasteiger partial charge in [0, 0.05) is 5.92 Å². The fourth-order valence-corrected chi connectivity index (χ4v) is 1.98. The van der Waals surface area contributed by atoms with Crippen molar-refractivity contribution in [3.63, 3.8) is 0 Å². The molecule has 0 saturated heterocycles. The molecule has 0 spiro atoms. The maximum atomic E-state index is 2.30. The topological polar surface area (TPSA) is 0 Å². The zero-order valence-electron chi connectivity index (χ0n) is 8.61. The van der Waals surface area contributed by atoms with Crippen LogP contribution >= 0.6 is 0 Å². The lowest BCUT2D eigenvalue weighted by Crippen LogP contribution is -1.98. The second-order valence-corrected chi connectivity index (χ2v) is 3.67. The van der Waals surface area contributed by atoms with Crippen molar-refractivity contribution in [1.82, 2.24) is 0 Å². The summed E-state index contributed by atoms with van der Waals surface area (Å²) in [6, 6.07) is 8.72. The zero-order valence-corrected chi connectivity index (χ0v) is 8.61. The Morgan fingerprint density at radius 3 is 2.57 bits per heavy atom.